The maximum absolute atomic E-state index is 13.5. The number of allylic oxidation sites excluding steroid dienone is 4. The van der Waals surface area contributed by atoms with Gasteiger partial charge in [-0.3, -0.25) is 9.05 Å². The third-order valence-electron chi connectivity index (χ3n) is 9.15. The number of quaternary nitrogens is 1. The standard InChI is InChI=1S/C42H86N2O3P.HI/c1-6-8-10-12-14-16-18-20-22-24-26-28-30-32-34-36-41-46-48(45,43-39-38-40-44(3,4)5)47-42-37-35-33-31-29-27-25-23-21-19-17-15-13-11-9-7-2;/h20-23H,6-19,24-42H2,1-5H3,(H,43,45);1H/q+1;/p-1/b22-20-,23-21-;. The molecule has 49 heavy (non-hydrogen) atoms. The van der Waals surface area contributed by atoms with Crippen molar-refractivity contribution >= 4 is 7.75 Å². The van der Waals surface area contributed by atoms with Gasteiger partial charge in [0.25, 0.3) is 0 Å². The van der Waals surface area contributed by atoms with Crippen molar-refractivity contribution < 1.29 is 42.1 Å². The Morgan fingerprint density at radius 1 is 0.469 bits per heavy atom. The number of unbranched alkanes of at least 4 members (excludes halogenated alkanes) is 24. The smallest absolute Gasteiger partial charge is 0.405 e. The molecule has 0 bridgehead atoms. The highest BCUT2D eigenvalue weighted by atomic mass is 127. The molecule has 0 atom stereocenters. The van der Waals surface area contributed by atoms with E-state index in [1.807, 2.05) is 0 Å². The predicted octanol–water partition coefficient (Wildman–Crippen LogP) is 10.9. The molecule has 0 radical (unpaired) electrons. The normalized spacial score (nSPS) is 12.4. The highest BCUT2D eigenvalue weighted by molar-refractivity contribution is 7.51. The van der Waals surface area contributed by atoms with E-state index in [-0.39, 0.29) is 24.0 Å². The summed E-state index contributed by atoms with van der Waals surface area (Å²) in [7, 11) is 3.31. The van der Waals surface area contributed by atoms with Crippen molar-refractivity contribution in [3.63, 3.8) is 0 Å². The molecule has 0 amide bonds. The Labute approximate surface area is 325 Å². The number of hydrogen-bond acceptors (Lipinski definition) is 3. The molecule has 0 saturated heterocycles. The van der Waals surface area contributed by atoms with E-state index >= 15 is 0 Å². The lowest BCUT2D eigenvalue weighted by molar-refractivity contribution is -0.870. The quantitative estimate of drug-likeness (QED) is 0.0221. The van der Waals surface area contributed by atoms with Gasteiger partial charge in [0.1, 0.15) is 0 Å². The minimum absolute atomic E-state index is 0. The van der Waals surface area contributed by atoms with Crippen molar-refractivity contribution in [2.75, 3.05) is 47.4 Å². The molecule has 1 N–H and O–H groups in total. The van der Waals surface area contributed by atoms with Gasteiger partial charge in [-0.25, -0.2) is 9.65 Å². The fraction of sp³-hybridized carbons (Fsp3) is 0.905. The topological polar surface area (TPSA) is 47.6 Å². The second kappa shape index (κ2) is 39.5. The zero-order chi connectivity index (χ0) is 35.3. The SMILES string of the molecule is CCCCCCCC/C=C\CCCCCCCCOP(=O)(NCCC[N+](C)(C)C)OCCCCCCCC/C=C\CCCCCCCC.[I-]. The molecule has 7 heteroatoms. The zero-order valence-electron chi connectivity index (χ0n) is 33.6. The van der Waals surface area contributed by atoms with Crippen LogP contribution in [0.2, 0.25) is 0 Å². The Balaban J connectivity index is 0. The van der Waals surface area contributed by atoms with Gasteiger partial charge >= 0.3 is 7.75 Å². The first-order valence-corrected chi connectivity index (χ1v) is 22.6. The predicted molar refractivity (Wildman–Crippen MR) is 214 cm³/mol. The second-order valence-electron chi connectivity index (χ2n) is 15.3. The van der Waals surface area contributed by atoms with Gasteiger partial charge in [0.15, 0.2) is 0 Å². The molecule has 0 aromatic rings. The van der Waals surface area contributed by atoms with E-state index in [1.54, 1.807) is 0 Å². The molecule has 0 saturated carbocycles. The Morgan fingerprint density at radius 3 is 1.10 bits per heavy atom. The summed E-state index contributed by atoms with van der Waals surface area (Å²) in [6.07, 6.45) is 46.4. The van der Waals surface area contributed by atoms with Crippen molar-refractivity contribution in [3.05, 3.63) is 24.3 Å². The Bertz CT molecular complexity index is 709. The van der Waals surface area contributed by atoms with Crippen LogP contribution in [0.1, 0.15) is 200 Å². The van der Waals surface area contributed by atoms with E-state index in [0.29, 0.717) is 19.8 Å². The first kappa shape index (κ1) is 51.4. The second-order valence-corrected chi connectivity index (χ2v) is 17.1. The van der Waals surface area contributed by atoms with Crippen LogP contribution in [0.3, 0.4) is 0 Å². The van der Waals surface area contributed by atoms with Gasteiger partial charge in [0.2, 0.25) is 0 Å². The average molecular weight is 825 g/mol. The van der Waals surface area contributed by atoms with E-state index in [1.165, 1.54) is 154 Å². The van der Waals surface area contributed by atoms with Crippen LogP contribution < -0.4 is 29.1 Å². The number of nitrogens with one attached hydrogen (secondary N) is 1. The lowest BCUT2D eigenvalue weighted by Crippen LogP contribution is -3.00. The van der Waals surface area contributed by atoms with Crippen LogP contribution in [-0.4, -0.2) is 51.9 Å². The molecule has 0 heterocycles. The highest BCUT2D eigenvalue weighted by Gasteiger charge is 2.24. The van der Waals surface area contributed by atoms with E-state index in [9.17, 15) is 4.57 Å². The summed E-state index contributed by atoms with van der Waals surface area (Å²) in [4.78, 5) is 0. The Kier molecular flexibility index (Phi) is 41.4. The van der Waals surface area contributed by atoms with Crippen molar-refractivity contribution in [2.24, 2.45) is 0 Å². The van der Waals surface area contributed by atoms with Crippen molar-refractivity contribution in [1.82, 2.24) is 5.09 Å². The molecule has 5 nitrogen and oxygen atoms in total. The number of hydrogen-bond donors (Lipinski definition) is 1. The molecule has 0 aromatic carbocycles. The van der Waals surface area contributed by atoms with Crippen LogP contribution in [0.4, 0.5) is 0 Å². The van der Waals surface area contributed by atoms with Crippen molar-refractivity contribution in [1.29, 1.82) is 0 Å². The summed E-state index contributed by atoms with van der Waals surface area (Å²) in [5, 5.41) is 3.17. The molecule has 0 rings (SSSR count). The zero-order valence-corrected chi connectivity index (χ0v) is 36.7. The number of halogens is 1. The summed E-state index contributed by atoms with van der Waals surface area (Å²) in [6, 6.07) is 0. The molecular weight excluding hydrogens is 738 g/mol. The van der Waals surface area contributed by atoms with Crippen molar-refractivity contribution in [3.8, 4) is 0 Å². The first-order chi connectivity index (χ1) is 23.3. The monoisotopic (exact) mass is 825 g/mol. The fourth-order valence-electron chi connectivity index (χ4n) is 5.97. The molecule has 0 aliphatic heterocycles. The number of rotatable bonds is 39. The Hall–Kier alpha value is 0.280. The maximum Gasteiger partial charge on any atom is 0.405 e. The van der Waals surface area contributed by atoms with Gasteiger partial charge in [0.05, 0.1) is 40.9 Å². The third kappa shape index (κ3) is 42.6. The summed E-state index contributed by atoms with van der Waals surface area (Å²) >= 11 is 0. The minimum Gasteiger partial charge on any atom is -1.00 e. The van der Waals surface area contributed by atoms with Gasteiger partial charge in [-0.15, -0.1) is 0 Å². The summed E-state index contributed by atoms with van der Waals surface area (Å²) in [5.74, 6) is 0. The largest absolute Gasteiger partial charge is 1.00 e. The van der Waals surface area contributed by atoms with Gasteiger partial charge in [-0.2, -0.15) is 0 Å². The van der Waals surface area contributed by atoms with Gasteiger partial charge in [0, 0.05) is 13.0 Å². The molecule has 0 unspecified atom stereocenters. The fourth-order valence-corrected chi connectivity index (χ4v) is 7.39. The molecule has 0 aliphatic rings. The van der Waals surface area contributed by atoms with E-state index in [2.05, 4.69) is 64.4 Å². The van der Waals surface area contributed by atoms with E-state index in [4.69, 9.17) is 9.05 Å². The lowest BCUT2D eigenvalue weighted by atomic mass is 10.1. The van der Waals surface area contributed by atoms with Crippen LogP contribution in [0.5, 0.6) is 0 Å². The summed E-state index contributed by atoms with van der Waals surface area (Å²) in [6.45, 7) is 7.26. The average Bonchev–Trinajstić information content (AvgIpc) is 3.05. The molecule has 0 fully saturated rings. The van der Waals surface area contributed by atoms with Crippen LogP contribution in [0.25, 0.3) is 0 Å². The Morgan fingerprint density at radius 2 is 0.776 bits per heavy atom. The summed E-state index contributed by atoms with van der Waals surface area (Å²) < 4.78 is 26.2. The maximum atomic E-state index is 13.5. The minimum atomic E-state index is -3.25. The molecular formula is C42H86IN2O3P. The molecule has 0 aliphatic carbocycles. The molecule has 0 aromatic heterocycles. The molecule has 294 valence electrons. The van der Waals surface area contributed by atoms with Crippen LogP contribution in [0, 0.1) is 0 Å². The number of nitrogens with zero attached hydrogens (tertiary/aromatic N) is 1. The molecule has 0 spiro atoms. The van der Waals surface area contributed by atoms with E-state index < -0.39 is 7.75 Å². The van der Waals surface area contributed by atoms with E-state index in [0.717, 1.165) is 43.1 Å². The van der Waals surface area contributed by atoms with Crippen LogP contribution >= 0.6 is 7.75 Å². The van der Waals surface area contributed by atoms with Gasteiger partial charge < -0.3 is 28.5 Å². The van der Waals surface area contributed by atoms with Crippen molar-refractivity contribution in [2.45, 2.75) is 200 Å². The van der Waals surface area contributed by atoms with Crippen LogP contribution in [-0.2, 0) is 13.6 Å². The van der Waals surface area contributed by atoms with Gasteiger partial charge in [-0.1, -0.05) is 154 Å². The van der Waals surface area contributed by atoms with Crippen LogP contribution in [0.15, 0.2) is 24.3 Å². The summed E-state index contributed by atoms with van der Waals surface area (Å²) in [5.41, 5.74) is 0. The first-order valence-electron chi connectivity index (χ1n) is 21.1. The van der Waals surface area contributed by atoms with Gasteiger partial charge in [-0.05, 0) is 64.2 Å². The third-order valence-corrected chi connectivity index (χ3v) is 10.8. The highest BCUT2D eigenvalue weighted by Crippen LogP contribution is 2.44. The lowest BCUT2D eigenvalue weighted by Gasteiger charge is -2.24.